The molecule has 0 atom stereocenters. The summed E-state index contributed by atoms with van der Waals surface area (Å²) in [6.45, 7) is 4.96. The molecule has 1 aromatic rings. The Morgan fingerprint density at radius 1 is 1.28 bits per heavy atom. The van der Waals surface area contributed by atoms with Gasteiger partial charge in [0.15, 0.2) is 0 Å². The van der Waals surface area contributed by atoms with Crippen LogP contribution >= 0.6 is 0 Å². The fraction of sp³-hybridized carbons (Fsp3) is 0.667. The van der Waals surface area contributed by atoms with Crippen LogP contribution in [0.15, 0.2) is 12.4 Å². The van der Waals surface area contributed by atoms with E-state index in [4.69, 9.17) is 5.11 Å². The van der Waals surface area contributed by atoms with Gasteiger partial charge in [-0.05, 0) is 13.0 Å². The lowest BCUT2D eigenvalue weighted by Crippen LogP contribution is -2.32. The molecule has 2 N–H and O–H groups in total. The smallest absolute Gasteiger partial charge is 0.134 e. The van der Waals surface area contributed by atoms with Gasteiger partial charge in [-0.2, -0.15) is 0 Å². The van der Waals surface area contributed by atoms with Gasteiger partial charge >= 0.3 is 0 Å². The molecule has 0 unspecified atom stereocenters. The number of nitrogens with zero attached hydrogens (tertiary/aromatic N) is 4. The maximum atomic E-state index is 8.98. The zero-order valence-corrected chi connectivity index (χ0v) is 10.8. The number of nitrogens with one attached hydrogen (secondary N) is 1. The molecule has 6 heteroatoms. The van der Waals surface area contributed by atoms with Gasteiger partial charge in [0, 0.05) is 39.3 Å². The summed E-state index contributed by atoms with van der Waals surface area (Å²) in [5.74, 6) is 1.82. The normalized spacial score (nSPS) is 17.6. The largest absolute Gasteiger partial charge is 0.395 e. The van der Waals surface area contributed by atoms with Gasteiger partial charge in [-0.1, -0.05) is 0 Å². The summed E-state index contributed by atoms with van der Waals surface area (Å²) in [4.78, 5) is 13.0. The second-order valence-electron chi connectivity index (χ2n) is 4.42. The van der Waals surface area contributed by atoms with Gasteiger partial charge in [0.25, 0.3) is 0 Å². The third kappa shape index (κ3) is 3.30. The Labute approximate surface area is 108 Å². The van der Waals surface area contributed by atoms with Crippen molar-refractivity contribution in [2.45, 2.75) is 6.42 Å². The van der Waals surface area contributed by atoms with Crippen LogP contribution in [0.2, 0.25) is 0 Å². The van der Waals surface area contributed by atoms with Crippen LogP contribution in [0.5, 0.6) is 0 Å². The number of aliphatic hydroxyl groups is 1. The second-order valence-corrected chi connectivity index (χ2v) is 4.42. The maximum Gasteiger partial charge on any atom is 0.134 e. The number of hydrogen-bond acceptors (Lipinski definition) is 6. The Morgan fingerprint density at radius 3 is 2.94 bits per heavy atom. The van der Waals surface area contributed by atoms with E-state index in [1.807, 2.05) is 13.1 Å². The predicted molar refractivity (Wildman–Crippen MR) is 71.9 cm³/mol. The molecule has 0 spiro atoms. The summed E-state index contributed by atoms with van der Waals surface area (Å²) in [6.07, 6.45) is 2.69. The SMILES string of the molecule is CNc1cc(N2CCCN(CCO)CC2)ncn1. The highest BCUT2D eigenvalue weighted by molar-refractivity contribution is 5.48. The third-order valence-electron chi connectivity index (χ3n) is 3.24. The van der Waals surface area contributed by atoms with Crippen LogP contribution < -0.4 is 10.2 Å². The van der Waals surface area contributed by atoms with Crippen LogP contribution in [-0.2, 0) is 0 Å². The molecule has 0 radical (unpaired) electrons. The van der Waals surface area contributed by atoms with Gasteiger partial charge in [0.1, 0.15) is 18.0 Å². The molecule has 1 aliphatic heterocycles. The highest BCUT2D eigenvalue weighted by Crippen LogP contribution is 2.15. The van der Waals surface area contributed by atoms with Crippen molar-refractivity contribution in [3.05, 3.63) is 12.4 Å². The Bertz CT molecular complexity index is 373. The number of β-amino-alcohol motifs (C(OH)–C–C–N with tert-alkyl or cyclic N) is 1. The molecule has 2 rings (SSSR count). The standard InChI is InChI=1S/C12H21N5O/c1-13-11-9-12(15-10-14-11)17-4-2-3-16(5-6-17)7-8-18/h9-10,18H,2-8H2,1H3,(H,13,14,15). The van der Waals surface area contributed by atoms with Crippen molar-refractivity contribution < 1.29 is 5.11 Å². The van der Waals surface area contributed by atoms with Crippen LogP contribution in [0.1, 0.15) is 6.42 Å². The minimum absolute atomic E-state index is 0.234. The van der Waals surface area contributed by atoms with Gasteiger partial charge in [-0.15, -0.1) is 0 Å². The molecule has 0 saturated carbocycles. The average molecular weight is 251 g/mol. The molecule has 0 aromatic carbocycles. The van der Waals surface area contributed by atoms with E-state index in [0.717, 1.165) is 50.8 Å². The lowest BCUT2D eigenvalue weighted by molar-refractivity contribution is 0.204. The summed E-state index contributed by atoms with van der Waals surface area (Å²) in [5.41, 5.74) is 0. The van der Waals surface area contributed by atoms with E-state index in [1.165, 1.54) is 0 Å². The van der Waals surface area contributed by atoms with Crippen molar-refractivity contribution in [3.8, 4) is 0 Å². The highest BCUT2D eigenvalue weighted by atomic mass is 16.3. The molecule has 0 amide bonds. The summed E-state index contributed by atoms with van der Waals surface area (Å²) < 4.78 is 0. The molecule has 6 nitrogen and oxygen atoms in total. The molecule has 100 valence electrons. The van der Waals surface area contributed by atoms with Crippen molar-refractivity contribution in [1.82, 2.24) is 14.9 Å². The first kappa shape index (κ1) is 13.0. The third-order valence-corrected chi connectivity index (χ3v) is 3.24. The van der Waals surface area contributed by atoms with E-state index in [9.17, 15) is 0 Å². The van der Waals surface area contributed by atoms with E-state index in [2.05, 4.69) is 25.1 Å². The second kappa shape index (κ2) is 6.51. The molecule has 2 heterocycles. The van der Waals surface area contributed by atoms with Crippen molar-refractivity contribution in [1.29, 1.82) is 0 Å². The average Bonchev–Trinajstić information content (AvgIpc) is 2.65. The lowest BCUT2D eigenvalue weighted by Gasteiger charge is -2.22. The van der Waals surface area contributed by atoms with E-state index >= 15 is 0 Å². The minimum atomic E-state index is 0.234. The number of rotatable bonds is 4. The Morgan fingerprint density at radius 2 is 2.17 bits per heavy atom. The number of aromatic nitrogens is 2. The Kier molecular flexibility index (Phi) is 4.72. The first-order valence-electron chi connectivity index (χ1n) is 6.41. The number of aliphatic hydroxyl groups excluding tert-OH is 1. The Hall–Kier alpha value is -1.40. The van der Waals surface area contributed by atoms with Crippen LogP contribution in [0.3, 0.4) is 0 Å². The van der Waals surface area contributed by atoms with Crippen molar-refractivity contribution in [3.63, 3.8) is 0 Å². The van der Waals surface area contributed by atoms with E-state index in [0.29, 0.717) is 0 Å². The molecule has 18 heavy (non-hydrogen) atoms. The van der Waals surface area contributed by atoms with Crippen LogP contribution in [0.4, 0.5) is 11.6 Å². The zero-order chi connectivity index (χ0) is 12.8. The van der Waals surface area contributed by atoms with Crippen LogP contribution in [0.25, 0.3) is 0 Å². The number of anilines is 2. The molecule has 1 aliphatic rings. The van der Waals surface area contributed by atoms with Gasteiger partial charge in [0.05, 0.1) is 6.61 Å². The van der Waals surface area contributed by atoms with Crippen molar-refractivity contribution >= 4 is 11.6 Å². The highest BCUT2D eigenvalue weighted by Gasteiger charge is 2.15. The topological polar surface area (TPSA) is 64.5 Å². The van der Waals surface area contributed by atoms with Crippen LogP contribution in [0, 0.1) is 0 Å². The summed E-state index contributed by atoms with van der Waals surface area (Å²) in [7, 11) is 1.86. The first-order chi connectivity index (χ1) is 8.83. The minimum Gasteiger partial charge on any atom is -0.395 e. The molecule has 0 bridgehead atoms. The summed E-state index contributed by atoms with van der Waals surface area (Å²) in [5, 5.41) is 12.0. The van der Waals surface area contributed by atoms with Gasteiger partial charge in [0.2, 0.25) is 0 Å². The fourth-order valence-corrected chi connectivity index (χ4v) is 2.22. The van der Waals surface area contributed by atoms with E-state index < -0.39 is 0 Å². The van der Waals surface area contributed by atoms with Gasteiger partial charge in [-0.25, -0.2) is 9.97 Å². The fourth-order valence-electron chi connectivity index (χ4n) is 2.22. The molecular weight excluding hydrogens is 230 g/mol. The first-order valence-corrected chi connectivity index (χ1v) is 6.41. The van der Waals surface area contributed by atoms with Crippen LogP contribution in [-0.4, -0.2) is 66.4 Å². The molecular formula is C12H21N5O. The molecule has 1 aromatic heterocycles. The summed E-state index contributed by atoms with van der Waals surface area (Å²) >= 11 is 0. The van der Waals surface area contributed by atoms with Crippen molar-refractivity contribution in [2.75, 3.05) is 56.6 Å². The molecule has 1 fully saturated rings. The Balaban J connectivity index is 2.00. The lowest BCUT2D eigenvalue weighted by atomic mass is 10.3. The van der Waals surface area contributed by atoms with Crippen molar-refractivity contribution in [2.24, 2.45) is 0 Å². The molecule has 1 saturated heterocycles. The summed E-state index contributed by atoms with van der Waals surface area (Å²) in [6, 6.07) is 1.97. The maximum absolute atomic E-state index is 8.98. The predicted octanol–water partition coefficient (Wildman–Crippen LogP) is 0.0227. The quantitative estimate of drug-likeness (QED) is 0.787. The van der Waals surface area contributed by atoms with E-state index in [1.54, 1.807) is 6.33 Å². The van der Waals surface area contributed by atoms with E-state index in [-0.39, 0.29) is 6.61 Å². The molecule has 0 aliphatic carbocycles. The monoisotopic (exact) mass is 251 g/mol. The van der Waals surface area contributed by atoms with Gasteiger partial charge in [-0.3, -0.25) is 4.90 Å². The number of hydrogen-bond donors (Lipinski definition) is 2. The zero-order valence-electron chi connectivity index (χ0n) is 10.8. The van der Waals surface area contributed by atoms with Gasteiger partial charge < -0.3 is 15.3 Å².